The number of carbonyl (C=O) groups is 2. The van der Waals surface area contributed by atoms with Crippen molar-refractivity contribution >= 4 is 11.9 Å². The van der Waals surface area contributed by atoms with Crippen molar-refractivity contribution in [3.63, 3.8) is 0 Å². The van der Waals surface area contributed by atoms with Crippen LogP contribution in [-0.2, 0) is 19.1 Å². The summed E-state index contributed by atoms with van der Waals surface area (Å²) in [6, 6.07) is 0. The Bertz CT molecular complexity index is 600. The van der Waals surface area contributed by atoms with Gasteiger partial charge < -0.3 is 9.47 Å². The summed E-state index contributed by atoms with van der Waals surface area (Å²) in [7, 11) is 0. The van der Waals surface area contributed by atoms with E-state index in [2.05, 4.69) is 26.0 Å². The van der Waals surface area contributed by atoms with Crippen LogP contribution < -0.4 is 0 Å². The van der Waals surface area contributed by atoms with E-state index in [1.807, 2.05) is 6.92 Å². The molecular weight excluding hydrogens is 520 g/mol. The van der Waals surface area contributed by atoms with Crippen molar-refractivity contribution in [2.45, 2.75) is 213 Å². The van der Waals surface area contributed by atoms with Crippen LogP contribution in [0.5, 0.6) is 0 Å². The lowest BCUT2D eigenvalue weighted by Gasteiger charge is -2.18. The van der Waals surface area contributed by atoms with Gasteiger partial charge in [-0.05, 0) is 71.1 Å². The molecule has 0 aromatic rings. The molecule has 0 radical (unpaired) electrons. The number of hydrogen-bond donors (Lipinski definition) is 0. The maximum absolute atomic E-state index is 12.6. The highest BCUT2D eigenvalue weighted by molar-refractivity contribution is 5.69. The molecule has 248 valence electrons. The van der Waals surface area contributed by atoms with E-state index >= 15 is 0 Å². The van der Waals surface area contributed by atoms with Crippen LogP contribution >= 0.6 is 0 Å². The number of rotatable bonds is 33. The Morgan fingerprint density at radius 1 is 0.476 bits per heavy atom. The molecule has 0 bridgehead atoms. The van der Waals surface area contributed by atoms with Crippen molar-refractivity contribution in [1.82, 2.24) is 0 Å². The molecule has 0 amide bonds. The molecule has 4 nitrogen and oxygen atoms in total. The monoisotopic (exact) mass is 593 g/mol. The van der Waals surface area contributed by atoms with Gasteiger partial charge >= 0.3 is 11.9 Å². The second-order valence-electron chi connectivity index (χ2n) is 12.5. The predicted octanol–water partition coefficient (Wildman–Crippen LogP) is 12.4. The Labute approximate surface area is 262 Å². The molecule has 0 aromatic carbocycles. The highest BCUT2D eigenvalue weighted by atomic mass is 16.5. The van der Waals surface area contributed by atoms with E-state index in [1.54, 1.807) is 0 Å². The van der Waals surface area contributed by atoms with E-state index in [-0.39, 0.29) is 18.0 Å². The first-order valence-electron chi connectivity index (χ1n) is 18.6. The van der Waals surface area contributed by atoms with Crippen LogP contribution in [-0.4, -0.2) is 24.6 Å². The molecule has 0 fully saturated rings. The molecule has 42 heavy (non-hydrogen) atoms. The third kappa shape index (κ3) is 31.6. The zero-order valence-corrected chi connectivity index (χ0v) is 28.6. The first-order valence-corrected chi connectivity index (χ1v) is 18.6. The van der Waals surface area contributed by atoms with Crippen molar-refractivity contribution in [2.24, 2.45) is 0 Å². The zero-order valence-electron chi connectivity index (χ0n) is 28.6. The summed E-state index contributed by atoms with van der Waals surface area (Å²) in [5.74, 6) is -0.0361. The van der Waals surface area contributed by atoms with Crippen LogP contribution in [0.15, 0.2) is 12.2 Å². The molecule has 0 heterocycles. The molecule has 0 aliphatic rings. The zero-order chi connectivity index (χ0) is 30.8. The van der Waals surface area contributed by atoms with Gasteiger partial charge in [0.25, 0.3) is 0 Å². The van der Waals surface area contributed by atoms with Gasteiger partial charge in [0.15, 0.2) is 0 Å². The molecule has 0 saturated carbocycles. The van der Waals surface area contributed by atoms with Gasteiger partial charge in [-0.25, -0.2) is 0 Å². The Morgan fingerprint density at radius 3 is 1.33 bits per heavy atom. The Kier molecular flexibility index (Phi) is 33.1. The minimum Gasteiger partial charge on any atom is -0.466 e. The Hall–Kier alpha value is -1.32. The molecule has 0 saturated heterocycles. The normalized spacial score (nSPS) is 12.2. The second-order valence-corrected chi connectivity index (χ2v) is 12.5. The molecule has 0 aliphatic carbocycles. The Morgan fingerprint density at radius 2 is 0.857 bits per heavy atom. The number of esters is 2. The fourth-order valence-corrected chi connectivity index (χ4v) is 5.58. The van der Waals surface area contributed by atoms with E-state index in [4.69, 9.17) is 9.47 Å². The van der Waals surface area contributed by atoms with Crippen LogP contribution in [0.2, 0.25) is 0 Å². The first-order chi connectivity index (χ1) is 20.6. The van der Waals surface area contributed by atoms with Crippen molar-refractivity contribution in [3.8, 4) is 0 Å². The topological polar surface area (TPSA) is 52.6 Å². The number of carbonyl (C=O) groups excluding carboxylic acids is 2. The lowest BCUT2D eigenvalue weighted by molar-refractivity contribution is -0.150. The molecule has 0 aliphatic heterocycles. The summed E-state index contributed by atoms with van der Waals surface area (Å²) in [5, 5.41) is 0. The highest BCUT2D eigenvalue weighted by Gasteiger charge is 2.14. The van der Waals surface area contributed by atoms with Crippen LogP contribution in [0, 0.1) is 0 Å². The van der Waals surface area contributed by atoms with Crippen LogP contribution in [0.25, 0.3) is 0 Å². The minimum absolute atomic E-state index is 0.0240. The molecule has 0 rings (SSSR count). The lowest BCUT2D eigenvalue weighted by Crippen LogP contribution is -2.18. The van der Waals surface area contributed by atoms with Crippen LogP contribution in [0.4, 0.5) is 0 Å². The van der Waals surface area contributed by atoms with Gasteiger partial charge in [0.1, 0.15) is 6.10 Å². The summed E-state index contributed by atoms with van der Waals surface area (Å²) >= 11 is 0. The van der Waals surface area contributed by atoms with Gasteiger partial charge in [-0.15, -0.1) is 0 Å². The fraction of sp³-hybridized carbons (Fsp3) is 0.895. The third-order valence-corrected chi connectivity index (χ3v) is 8.28. The molecule has 0 aromatic heterocycles. The minimum atomic E-state index is -0.0601. The average Bonchev–Trinajstić information content (AvgIpc) is 2.98. The van der Waals surface area contributed by atoms with Gasteiger partial charge in [-0.3, -0.25) is 9.59 Å². The smallest absolute Gasteiger partial charge is 0.306 e. The van der Waals surface area contributed by atoms with Crippen LogP contribution in [0.3, 0.4) is 0 Å². The number of ether oxygens (including phenoxy) is 2. The number of allylic oxidation sites excluding steroid dienone is 2. The lowest BCUT2D eigenvalue weighted by atomic mass is 10.0. The highest BCUT2D eigenvalue weighted by Crippen LogP contribution is 2.18. The quantitative estimate of drug-likeness (QED) is 0.0432. The van der Waals surface area contributed by atoms with Gasteiger partial charge in [-0.2, -0.15) is 0 Å². The van der Waals surface area contributed by atoms with Gasteiger partial charge in [0.2, 0.25) is 0 Å². The van der Waals surface area contributed by atoms with Crippen molar-refractivity contribution in [2.75, 3.05) is 6.61 Å². The molecule has 1 atom stereocenters. The van der Waals surface area contributed by atoms with E-state index in [0.29, 0.717) is 19.4 Å². The summed E-state index contributed by atoms with van der Waals surface area (Å²) in [5.41, 5.74) is 0. The van der Waals surface area contributed by atoms with Crippen molar-refractivity contribution in [3.05, 3.63) is 12.2 Å². The average molecular weight is 593 g/mol. The number of unbranched alkanes of at least 4 members (excludes halogenated alkanes) is 21. The maximum atomic E-state index is 12.6. The summed E-state index contributed by atoms with van der Waals surface area (Å²) in [6.07, 6.45) is 39.0. The van der Waals surface area contributed by atoms with Gasteiger partial charge in [0, 0.05) is 12.8 Å². The summed E-state index contributed by atoms with van der Waals surface area (Å²) in [4.78, 5) is 23.9. The largest absolute Gasteiger partial charge is 0.466 e. The standard InChI is InChI=1S/C38H72O4/c1-4-7-9-11-12-13-14-15-16-17-18-19-24-27-31-35-38(40)42-36(32-28-10-8-5-2)33-29-25-22-20-21-23-26-30-34-37(39)41-6-3/h15-16,36H,4-14,17-35H2,1-3H3. The molecule has 4 heteroatoms. The van der Waals surface area contributed by atoms with Gasteiger partial charge in [0.05, 0.1) is 6.61 Å². The summed E-state index contributed by atoms with van der Waals surface area (Å²) in [6.45, 7) is 6.86. The SMILES string of the molecule is CCCCCCCCC=CCCCCCCCC(=O)OC(CCCCCC)CCCCCCCCCCC(=O)OCC. The molecule has 0 N–H and O–H groups in total. The molecule has 1 unspecified atom stereocenters. The molecule has 0 spiro atoms. The van der Waals surface area contributed by atoms with Crippen molar-refractivity contribution in [1.29, 1.82) is 0 Å². The fourth-order valence-electron chi connectivity index (χ4n) is 5.58. The van der Waals surface area contributed by atoms with E-state index < -0.39 is 0 Å². The third-order valence-electron chi connectivity index (χ3n) is 8.28. The van der Waals surface area contributed by atoms with Crippen molar-refractivity contribution < 1.29 is 19.1 Å². The predicted molar refractivity (Wildman–Crippen MR) is 181 cm³/mol. The van der Waals surface area contributed by atoms with E-state index in [9.17, 15) is 9.59 Å². The molecular formula is C38H72O4. The van der Waals surface area contributed by atoms with Gasteiger partial charge in [-0.1, -0.05) is 135 Å². The summed E-state index contributed by atoms with van der Waals surface area (Å²) < 4.78 is 11.0. The van der Waals surface area contributed by atoms with E-state index in [0.717, 1.165) is 44.9 Å². The second kappa shape index (κ2) is 34.2. The van der Waals surface area contributed by atoms with Crippen LogP contribution in [0.1, 0.15) is 207 Å². The van der Waals surface area contributed by atoms with E-state index in [1.165, 1.54) is 128 Å². The number of hydrogen-bond acceptors (Lipinski definition) is 4. The maximum Gasteiger partial charge on any atom is 0.306 e. The first kappa shape index (κ1) is 40.7. The Balaban J connectivity index is 3.84.